The van der Waals surface area contributed by atoms with Gasteiger partial charge in [-0.15, -0.1) is 0 Å². The molecule has 1 aromatic carbocycles. The predicted octanol–water partition coefficient (Wildman–Crippen LogP) is 3.87. The summed E-state index contributed by atoms with van der Waals surface area (Å²) in [6.07, 6.45) is 4.72. The quantitative estimate of drug-likeness (QED) is 0.732. The molecule has 1 atom stereocenters. The number of anilines is 1. The maximum atomic E-state index is 5.69. The van der Waals surface area contributed by atoms with Crippen molar-refractivity contribution in [2.75, 3.05) is 18.0 Å². The van der Waals surface area contributed by atoms with Crippen molar-refractivity contribution in [1.29, 1.82) is 0 Å². The lowest BCUT2D eigenvalue weighted by Crippen LogP contribution is -2.35. The molecule has 5 nitrogen and oxygen atoms in total. The van der Waals surface area contributed by atoms with Crippen LogP contribution in [0.15, 0.2) is 35.0 Å². The van der Waals surface area contributed by atoms with Gasteiger partial charge in [0.25, 0.3) is 5.71 Å². The number of benzene rings is 1. The van der Waals surface area contributed by atoms with Crippen LogP contribution in [0.5, 0.6) is 0 Å². The average molecular weight is 322 g/mol. The summed E-state index contributed by atoms with van der Waals surface area (Å²) in [7, 11) is 0. The van der Waals surface area contributed by atoms with Crippen LogP contribution in [0.25, 0.3) is 11.2 Å². The maximum Gasteiger partial charge on any atom is 0.252 e. The second-order valence-electron chi connectivity index (χ2n) is 6.51. The van der Waals surface area contributed by atoms with Gasteiger partial charge in [-0.2, -0.15) is 4.98 Å². The summed E-state index contributed by atoms with van der Waals surface area (Å²) in [5.41, 5.74) is 4.12. The van der Waals surface area contributed by atoms with Crippen LogP contribution in [0.4, 0.5) is 5.82 Å². The highest BCUT2D eigenvalue weighted by atomic mass is 16.4. The Labute approximate surface area is 141 Å². The minimum atomic E-state index is 0.529. The fourth-order valence-electron chi connectivity index (χ4n) is 3.53. The molecule has 2 aromatic heterocycles. The lowest BCUT2D eigenvalue weighted by Gasteiger charge is -2.33. The molecule has 1 saturated heterocycles. The van der Waals surface area contributed by atoms with E-state index in [9.17, 15) is 0 Å². The molecular weight excluding hydrogens is 300 g/mol. The zero-order valence-corrected chi connectivity index (χ0v) is 14.2. The Bertz CT molecular complexity index is 857. The molecule has 4 rings (SSSR count). The van der Waals surface area contributed by atoms with Crippen LogP contribution in [0, 0.1) is 6.92 Å². The summed E-state index contributed by atoms with van der Waals surface area (Å²) >= 11 is 0. The van der Waals surface area contributed by atoms with E-state index >= 15 is 0 Å². The third kappa shape index (κ3) is 2.75. The minimum absolute atomic E-state index is 0.529. The molecule has 1 fully saturated rings. The van der Waals surface area contributed by atoms with Crippen molar-refractivity contribution in [1.82, 2.24) is 15.0 Å². The molecule has 0 N–H and O–H groups in total. The number of piperidine rings is 1. The Morgan fingerprint density at radius 3 is 3.04 bits per heavy atom. The third-order valence-electron chi connectivity index (χ3n) is 4.76. The second kappa shape index (κ2) is 6.23. The molecular formula is C19H22N4O. The van der Waals surface area contributed by atoms with E-state index in [-0.39, 0.29) is 0 Å². The average Bonchev–Trinajstić information content (AvgIpc) is 3.05. The first-order chi connectivity index (χ1) is 11.7. The molecule has 0 bridgehead atoms. The molecule has 24 heavy (non-hydrogen) atoms. The number of rotatable bonds is 3. The van der Waals surface area contributed by atoms with Gasteiger partial charge < -0.3 is 9.32 Å². The van der Waals surface area contributed by atoms with E-state index in [0.29, 0.717) is 11.6 Å². The number of nitrogens with zero attached hydrogens (tertiary/aromatic N) is 4. The summed E-state index contributed by atoms with van der Waals surface area (Å²) < 4.78 is 5.69. The maximum absolute atomic E-state index is 5.69. The second-order valence-corrected chi connectivity index (χ2v) is 6.51. The van der Waals surface area contributed by atoms with Gasteiger partial charge in [-0.25, -0.2) is 9.97 Å². The van der Waals surface area contributed by atoms with Gasteiger partial charge in [0.15, 0.2) is 17.2 Å². The van der Waals surface area contributed by atoms with E-state index in [1.807, 2.05) is 6.92 Å². The Kier molecular flexibility index (Phi) is 3.92. The monoisotopic (exact) mass is 322 g/mol. The van der Waals surface area contributed by atoms with Crippen molar-refractivity contribution in [3.05, 3.63) is 47.6 Å². The first kappa shape index (κ1) is 15.1. The summed E-state index contributed by atoms with van der Waals surface area (Å²) in [4.78, 5) is 15.7. The van der Waals surface area contributed by atoms with Crippen molar-refractivity contribution >= 4 is 17.0 Å². The topological polar surface area (TPSA) is 55.1 Å². The number of hydrogen-bond acceptors (Lipinski definition) is 5. The van der Waals surface area contributed by atoms with Crippen LogP contribution < -0.4 is 4.90 Å². The Balaban J connectivity index is 1.66. The highest BCUT2D eigenvalue weighted by molar-refractivity contribution is 5.81. The van der Waals surface area contributed by atoms with Crippen LogP contribution in [-0.2, 0) is 6.42 Å². The molecule has 1 aliphatic rings. The van der Waals surface area contributed by atoms with Crippen LogP contribution >= 0.6 is 0 Å². The lowest BCUT2D eigenvalue weighted by atomic mass is 9.90. The zero-order valence-electron chi connectivity index (χ0n) is 14.2. The number of aryl methyl sites for hydroxylation is 2. The summed E-state index contributed by atoms with van der Waals surface area (Å²) in [5, 5.41) is 0. The molecule has 0 amide bonds. The van der Waals surface area contributed by atoms with Gasteiger partial charge in [-0.05, 0) is 25.3 Å². The molecule has 5 heteroatoms. The van der Waals surface area contributed by atoms with Crippen LogP contribution in [0.3, 0.4) is 0 Å². The minimum Gasteiger partial charge on any atom is -0.422 e. The number of oxazole rings is 1. The third-order valence-corrected chi connectivity index (χ3v) is 4.76. The number of hydrogen-bond donors (Lipinski definition) is 0. The SMILES string of the molecule is CCc1nc2c(N3CCCC(c4cccc(C)c4)C3)ncnc2o1. The Hall–Kier alpha value is -2.43. The van der Waals surface area contributed by atoms with E-state index in [4.69, 9.17) is 4.42 Å². The molecule has 124 valence electrons. The van der Waals surface area contributed by atoms with Crippen molar-refractivity contribution in [3.8, 4) is 0 Å². The molecule has 1 unspecified atom stereocenters. The lowest BCUT2D eigenvalue weighted by molar-refractivity contribution is 0.507. The first-order valence-corrected chi connectivity index (χ1v) is 8.66. The van der Waals surface area contributed by atoms with Gasteiger partial charge in [0.2, 0.25) is 0 Å². The van der Waals surface area contributed by atoms with Gasteiger partial charge in [0.1, 0.15) is 6.33 Å². The summed E-state index contributed by atoms with van der Waals surface area (Å²) in [5.74, 6) is 2.15. The molecule has 3 heterocycles. The van der Waals surface area contributed by atoms with E-state index in [0.717, 1.165) is 43.2 Å². The number of aromatic nitrogens is 3. The van der Waals surface area contributed by atoms with Gasteiger partial charge >= 0.3 is 0 Å². The van der Waals surface area contributed by atoms with E-state index in [1.165, 1.54) is 17.5 Å². The molecule has 3 aromatic rings. The van der Waals surface area contributed by atoms with Gasteiger partial charge in [0.05, 0.1) is 0 Å². The smallest absolute Gasteiger partial charge is 0.252 e. The molecule has 1 aliphatic heterocycles. The molecule has 0 aliphatic carbocycles. The predicted molar refractivity (Wildman–Crippen MR) is 94.3 cm³/mol. The van der Waals surface area contributed by atoms with Gasteiger partial charge in [0, 0.05) is 25.4 Å². The Morgan fingerprint density at radius 1 is 1.29 bits per heavy atom. The van der Waals surface area contributed by atoms with Gasteiger partial charge in [-0.1, -0.05) is 36.8 Å². The molecule has 0 saturated carbocycles. The van der Waals surface area contributed by atoms with Crippen molar-refractivity contribution in [2.24, 2.45) is 0 Å². The number of fused-ring (bicyclic) bond motifs is 1. The normalized spacial score (nSPS) is 18.2. The van der Waals surface area contributed by atoms with Crippen LogP contribution in [0.1, 0.15) is 42.7 Å². The van der Waals surface area contributed by atoms with Crippen LogP contribution in [0.2, 0.25) is 0 Å². The fraction of sp³-hybridized carbons (Fsp3) is 0.421. The summed E-state index contributed by atoms with van der Waals surface area (Å²) in [6, 6.07) is 8.84. The zero-order chi connectivity index (χ0) is 16.5. The van der Waals surface area contributed by atoms with Crippen molar-refractivity contribution in [3.63, 3.8) is 0 Å². The Morgan fingerprint density at radius 2 is 2.21 bits per heavy atom. The van der Waals surface area contributed by atoms with E-state index in [2.05, 4.69) is 51.0 Å². The molecule has 0 spiro atoms. The van der Waals surface area contributed by atoms with Gasteiger partial charge in [-0.3, -0.25) is 0 Å². The van der Waals surface area contributed by atoms with E-state index < -0.39 is 0 Å². The highest BCUT2D eigenvalue weighted by Crippen LogP contribution is 2.32. The van der Waals surface area contributed by atoms with E-state index in [1.54, 1.807) is 6.33 Å². The fourth-order valence-corrected chi connectivity index (χ4v) is 3.53. The summed E-state index contributed by atoms with van der Waals surface area (Å²) in [6.45, 7) is 6.15. The van der Waals surface area contributed by atoms with Crippen molar-refractivity contribution < 1.29 is 4.42 Å². The standard InChI is InChI=1S/C19H22N4O/c1-3-16-22-17-18(20-12-21-19(17)24-16)23-9-5-8-15(11-23)14-7-4-6-13(2)10-14/h4,6-7,10,12,15H,3,5,8-9,11H2,1-2H3. The van der Waals surface area contributed by atoms with Crippen molar-refractivity contribution in [2.45, 2.75) is 39.0 Å². The molecule has 0 radical (unpaired) electrons. The largest absolute Gasteiger partial charge is 0.422 e. The first-order valence-electron chi connectivity index (χ1n) is 8.66. The highest BCUT2D eigenvalue weighted by Gasteiger charge is 2.25. The van der Waals surface area contributed by atoms with Crippen LogP contribution in [-0.4, -0.2) is 28.0 Å².